The first kappa shape index (κ1) is 27.9. The minimum atomic E-state index is 0. The predicted molar refractivity (Wildman–Crippen MR) is 132 cm³/mol. The van der Waals surface area contributed by atoms with Crippen molar-refractivity contribution in [3.05, 3.63) is 156 Å². The van der Waals surface area contributed by atoms with Gasteiger partial charge in [0, 0.05) is 0 Å². The molecule has 0 unspecified atom stereocenters. The zero-order valence-electron chi connectivity index (χ0n) is 18.8. The molecule has 4 aromatic rings. The summed E-state index contributed by atoms with van der Waals surface area (Å²) in [4.78, 5) is 0. The van der Waals surface area contributed by atoms with Crippen molar-refractivity contribution in [3.63, 3.8) is 0 Å². The van der Waals surface area contributed by atoms with Crippen LogP contribution >= 0.6 is 0 Å². The molecule has 0 spiro atoms. The number of hydrogen-bond donors (Lipinski definition) is 0. The average Bonchev–Trinajstić information content (AvgIpc) is 3.57. The maximum atomic E-state index is 2.99. The van der Waals surface area contributed by atoms with Crippen molar-refractivity contribution >= 4 is 3.21 Å². The molecular weight excluding hydrogens is 534 g/mol. The third-order valence-electron chi connectivity index (χ3n) is 5.42. The number of allylic oxidation sites excluding steroid dienone is 4. The second-order valence-corrected chi connectivity index (χ2v) is 8.83. The molecular formula is C31H25Cl2Zr-. The fraction of sp³-hybridized carbons (Fsp3) is 0.0645. The van der Waals surface area contributed by atoms with Gasteiger partial charge in [-0.1, -0.05) is 48.5 Å². The largest absolute Gasteiger partial charge is 0.0619 e. The second kappa shape index (κ2) is 14.8. The maximum Gasteiger partial charge on any atom is -0.00135 e. The quantitative estimate of drug-likeness (QED) is 0.287. The normalized spacial score (nSPS) is 11.4. The molecule has 0 aromatic heterocycles. The summed E-state index contributed by atoms with van der Waals surface area (Å²) in [6.07, 6.45) is 11.1. The van der Waals surface area contributed by atoms with Crippen LogP contribution in [0.4, 0.5) is 0 Å². The van der Waals surface area contributed by atoms with E-state index < -0.39 is 0 Å². The van der Waals surface area contributed by atoms with Crippen molar-refractivity contribution in [2.75, 3.05) is 0 Å². The summed E-state index contributed by atoms with van der Waals surface area (Å²) < 4.78 is 1.42. The Morgan fingerprint density at radius 2 is 1.03 bits per heavy atom. The number of rotatable bonds is 2. The number of fused-ring (bicyclic) bond motifs is 3. The molecule has 3 heteroatoms. The monoisotopic (exact) mass is 557 g/mol. The van der Waals surface area contributed by atoms with Crippen molar-refractivity contribution in [2.24, 2.45) is 0 Å². The van der Waals surface area contributed by atoms with E-state index in [4.69, 9.17) is 0 Å². The molecule has 2 aliphatic carbocycles. The van der Waals surface area contributed by atoms with E-state index in [-0.39, 0.29) is 24.8 Å². The molecule has 0 atom stereocenters. The van der Waals surface area contributed by atoms with Crippen LogP contribution in [-0.4, -0.2) is 3.21 Å². The van der Waals surface area contributed by atoms with Crippen molar-refractivity contribution in [2.45, 2.75) is 12.8 Å². The summed E-state index contributed by atoms with van der Waals surface area (Å²) in [5, 5.41) is 0. The van der Waals surface area contributed by atoms with E-state index in [9.17, 15) is 0 Å². The number of benzene rings is 4. The molecule has 0 amide bonds. The molecule has 0 fully saturated rings. The molecule has 0 nitrogen and oxygen atoms in total. The van der Waals surface area contributed by atoms with Gasteiger partial charge in [0.25, 0.3) is 0 Å². The third kappa shape index (κ3) is 7.61. The van der Waals surface area contributed by atoms with Gasteiger partial charge in [-0.05, 0) is 28.7 Å². The van der Waals surface area contributed by atoms with Gasteiger partial charge >= 0.3 is 99.2 Å². The van der Waals surface area contributed by atoms with Crippen molar-refractivity contribution in [3.8, 4) is 11.1 Å². The van der Waals surface area contributed by atoms with Crippen molar-refractivity contribution in [1.82, 2.24) is 0 Å². The molecule has 0 bridgehead atoms. The molecule has 6 rings (SSSR count). The van der Waals surface area contributed by atoms with E-state index in [0.717, 1.165) is 12.8 Å². The summed E-state index contributed by atoms with van der Waals surface area (Å²) in [5.41, 5.74) is 8.41. The maximum absolute atomic E-state index is 2.99. The van der Waals surface area contributed by atoms with Gasteiger partial charge in [-0.25, -0.2) is 12.2 Å². The molecule has 0 saturated carbocycles. The van der Waals surface area contributed by atoms with Crippen LogP contribution in [0.5, 0.6) is 0 Å². The van der Waals surface area contributed by atoms with E-state index in [1.54, 1.807) is 0 Å². The van der Waals surface area contributed by atoms with Gasteiger partial charge < -0.3 is 24.8 Å². The van der Waals surface area contributed by atoms with Gasteiger partial charge in [0.05, 0.1) is 0 Å². The van der Waals surface area contributed by atoms with E-state index >= 15 is 0 Å². The topological polar surface area (TPSA) is 0 Å². The Hall–Kier alpha value is -2.31. The summed E-state index contributed by atoms with van der Waals surface area (Å²) >= 11 is 1.46. The summed E-state index contributed by atoms with van der Waals surface area (Å²) in [6.45, 7) is 0. The first-order chi connectivity index (χ1) is 15.8. The molecule has 0 radical (unpaired) electrons. The second-order valence-electron chi connectivity index (χ2n) is 7.60. The molecule has 2 aliphatic rings. The predicted octanol–water partition coefficient (Wildman–Crippen LogP) is 1.37. The van der Waals surface area contributed by atoms with Gasteiger partial charge in [-0.3, -0.25) is 6.08 Å². The van der Waals surface area contributed by atoms with Crippen LogP contribution in [0.3, 0.4) is 0 Å². The van der Waals surface area contributed by atoms with E-state index in [2.05, 4.69) is 121 Å². The summed E-state index contributed by atoms with van der Waals surface area (Å²) in [5.74, 6) is 0. The molecule has 0 heterocycles. The molecule has 34 heavy (non-hydrogen) atoms. The molecule has 0 aliphatic heterocycles. The average molecular weight is 560 g/mol. The van der Waals surface area contributed by atoms with Gasteiger partial charge in [0.1, 0.15) is 0 Å². The van der Waals surface area contributed by atoms with Crippen LogP contribution in [0, 0.1) is 6.08 Å². The Balaban J connectivity index is 0.000000191. The fourth-order valence-electron chi connectivity index (χ4n) is 3.80. The summed E-state index contributed by atoms with van der Waals surface area (Å²) in [6, 6.07) is 38.4. The van der Waals surface area contributed by atoms with Crippen molar-refractivity contribution in [1.29, 1.82) is 0 Å². The van der Waals surface area contributed by atoms with E-state index in [1.807, 2.05) is 12.2 Å². The molecule has 4 aromatic carbocycles. The number of hydrogen-bond acceptors (Lipinski definition) is 0. The Morgan fingerprint density at radius 3 is 1.41 bits per heavy atom. The SMILES string of the molecule is [C-]1=CC=CC1.[Cl-].[Cl-].[Zr+2]=[C](c1ccccc1)c1ccccc1.c1ccc2c(c1)Cc1ccccc1-2. The van der Waals surface area contributed by atoms with Crippen LogP contribution in [0.25, 0.3) is 11.1 Å². The van der Waals surface area contributed by atoms with Crippen molar-refractivity contribution < 1.29 is 49.0 Å². The molecule has 168 valence electrons. The minimum Gasteiger partial charge on any atom is -0.0619 e. The number of halogens is 2. The Kier molecular flexibility index (Phi) is 12.2. The van der Waals surface area contributed by atoms with Gasteiger partial charge in [0.15, 0.2) is 0 Å². The van der Waals surface area contributed by atoms with Gasteiger partial charge in [-0.2, -0.15) is 6.08 Å². The third-order valence-corrected chi connectivity index (χ3v) is 6.84. The Labute approximate surface area is 230 Å². The summed E-state index contributed by atoms with van der Waals surface area (Å²) in [7, 11) is 0. The Bertz CT molecular complexity index is 1130. The van der Waals surface area contributed by atoms with Crippen LogP contribution in [-0.2, 0) is 30.7 Å². The zero-order chi connectivity index (χ0) is 22.0. The van der Waals surface area contributed by atoms with E-state index in [1.165, 1.54) is 60.8 Å². The van der Waals surface area contributed by atoms with Crippen LogP contribution in [0.1, 0.15) is 28.7 Å². The first-order valence-electron chi connectivity index (χ1n) is 10.9. The van der Waals surface area contributed by atoms with Crippen LogP contribution in [0.2, 0.25) is 0 Å². The zero-order valence-corrected chi connectivity index (χ0v) is 22.8. The molecule has 0 N–H and O–H groups in total. The Morgan fingerprint density at radius 1 is 0.588 bits per heavy atom. The molecule has 0 saturated heterocycles. The fourth-order valence-corrected chi connectivity index (χ4v) is 4.62. The minimum absolute atomic E-state index is 0. The van der Waals surface area contributed by atoms with Crippen LogP contribution < -0.4 is 24.8 Å². The smallest absolute Gasteiger partial charge is 0.00135 e. The van der Waals surface area contributed by atoms with Crippen LogP contribution in [0.15, 0.2) is 127 Å². The van der Waals surface area contributed by atoms with Gasteiger partial charge in [0.2, 0.25) is 0 Å². The van der Waals surface area contributed by atoms with Gasteiger partial charge in [-0.15, -0.1) is 6.42 Å². The standard InChI is InChI=1S/2C13H10.C5H5.2ClH.Zr/c1-3-7-12-10(5-1)9-11-6-2-4-8-13(11)12;1-3-7-12(8-4-1)11-13-9-5-2-6-10-13;1-2-4-5-3-1;;;/h1-8H,9H2;1-10H;1-3H,4H2;2*1H;/q;;-1;;;+2/p-2. The van der Waals surface area contributed by atoms with E-state index in [0.29, 0.717) is 0 Å². The first-order valence-corrected chi connectivity index (χ1v) is 12.1.